The molecular formula is C24H27ClFN5O. The van der Waals surface area contributed by atoms with E-state index < -0.39 is 11.7 Å². The van der Waals surface area contributed by atoms with E-state index in [1.54, 1.807) is 24.4 Å². The highest BCUT2D eigenvalue weighted by Gasteiger charge is 2.23. The third kappa shape index (κ3) is 6.48. The Bertz CT molecular complexity index is 1050. The van der Waals surface area contributed by atoms with Crippen LogP contribution in [0.2, 0.25) is 5.02 Å². The van der Waals surface area contributed by atoms with Crippen molar-refractivity contribution in [1.29, 1.82) is 0 Å². The number of carbonyl (C=O) groups is 1. The van der Waals surface area contributed by atoms with E-state index in [-0.39, 0.29) is 11.6 Å². The largest absolute Gasteiger partial charge is 0.323 e. The zero-order valence-electron chi connectivity index (χ0n) is 18.2. The highest BCUT2D eigenvalue weighted by Crippen LogP contribution is 2.26. The lowest BCUT2D eigenvalue weighted by Crippen LogP contribution is -2.33. The lowest BCUT2D eigenvalue weighted by atomic mass is 9.98. The van der Waals surface area contributed by atoms with Crippen molar-refractivity contribution in [3.63, 3.8) is 0 Å². The lowest BCUT2D eigenvalue weighted by molar-refractivity contribution is -0.118. The maximum Gasteiger partial charge on any atom is 0.233 e. The number of pyridine rings is 1. The Balaban J connectivity index is 1.74. The van der Waals surface area contributed by atoms with Crippen LogP contribution in [-0.4, -0.2) is 22.6 Å². The SMILES string of the molecule is C=C(/N=C(\C=C/C)C(CC)C(=O)Nc1ccc(-c2cncc(Cl)c2)cc1F)NNC1CC1. The standard InChI is InChI=1S/C24H27ClFN5O/c1-4-6-22(28-15(3)30-31-19-8-9-19)20(5-2)24(32)29-23-10-7-16(12-21(23)26)17-11-18(25)14-27-13-17/h4,6-7,10-14,19-20,30-31H,3,5,8-9H2,1-2H3,(H,29,32)/b6-4-,28-22+. The smallest absolute Gasteiger partial charge is 0.233 e. The normalized spacial score (nSPS) is 14.9. The first-order valence-electron chi connectivity index (χ1n) is 10.5. The number of nitrogens with one attached hydrogen (secondary N) is 3. The molecule has 1 aliphatic carbocycles. The summed E-state index contributed by atoms with van der Waals surface area (Å²) in [5.41, 5.74) is 8.03. The summed E-state index contributed by atoms with van der Waals surface area (Å²) in [7, 11) is 0. The number of amides is 1. The topological polar surface area (TPSA) is 78.4 Å². The fraction of sp³-hybridized carbons (Fsp3) is 0.292. The van der Waals surface area contributed by atoms with Gasteiger partial charge in [0.25, 0.3) is 0 Å². The predicted molar refractivity (Wildman–Crippen MR) is 128 cm³/mol. The molecular weight excluding hydrogens is 429 g/mol. The van der Waals surface area contributed by atoms with E-state index >= 15 is 0 Å². The molecule has 0 aliphatic heterocycles. The van der Waals surface area contributed by atoms with Gasteiger partial charge in [-0.05, 0) is 56.0 Å². The summed E-state index contributed by atoms with van der Waals surface area (Å²) in [5, 5.41) is 3.15. The molecule has 3 rings (SSSR count). The summed E-state index contributed by atoms with van der Waals surface area (Å²) in [6.45, 7) is 7.63. The number of carbonyl (C=O) groups excluding carboxylic acids is 1. The van der Waals surface area contributed by atoms with E-state index in [2.05, 4.69) is 32.7 Å². The van der Waals surface area contributed by atoms with Gasteiger partial charge in [-0.2, -0.15) is 0 Å². The minimum absolute atomic E-state index is 0.0966. The number of hydrogen-bond acceptors (Lipinski definition) is 5. The van der Waals surface area contributed by atoms with Crippen molar-refractivity contribution in [3.05, 3.63) is 72.1 Å². The molecule has 1 atom stereocenters. The number of allylic oxidation sites excluding steroid dienone is 2. The number of aliphatic imine (C=N–C) groups is 1. The van der Waals surface area contributed by atoms with Crippen LogP contribution >= 0.6 is 11.6 Å². The van der Waals surface area contributed by atoms with Gasteiger partial charge in [-0.25, -0.2) is 14.8 Å². The van der Waals surface area contributed by atoms with Gasteiger partial charge in [0.05, 0.1) is 22.3 Å². The molecule has 8 heteroatoms. The molecule has 32 heavy (non-hydrogen) atoms. The van der Waals surface area contributed by atoms with Gasteiger partial charge in [-0.15, -0.1) is 0 Å². The van der Waals surface area contributed by atoms with Gasteiger partial charge in [-0.1, -0.05) is 37.2 Å². The Morgan fingerprint density at radius 2 is 2.12 bits per heavy atom. The molecule has 2 aromatic rings. The summed E-state index contributed by atoms with van der Waals surface area (Å²) < 4.78 is 14.8. The quantitative estimate of drug-likeness (QED) is 0.337. The van der Waals surface area contributed by atoms with Crippen molar-refractivity contribution in [2.24, 2.45) is 10.9 Å². The molecule has 1 amide bonds. The van der Waals surface area contributed by atoms with Gasteiger partial charge in [0.15, 0.2) is 0 Å². The van der Waals surface area contributed by atoms with E-state index in [4.69, 9.17) is 11.6 Å². The molecule has 0 spiro atoms. The van der Waals surface area contributed by atoms with E-state index in [9.17, 15) is 9.18 Å². The number of anilines is 1. The van der Waals surface area contributed by atoms with Crippen LogP contribution in [0.25, 0.3) is 11.1 Å². The third-order valence-corrected chi connectivity index (χ3v) is 5.15. The lowest BCUT2D eigenvalue weighted by Gasteiger charge is -2.17. The third-order valence-electron chi connectivity index (χ3n) is 4.95. The van der Waals surface area contributed by atoms with Crippen LogP contribution < -0.4 is 16.2 Å². The molecule has 0 saturated heterocycles. The van der Waals surface area contributed by atoms with Gasteiger partial charge >= 0.3 is 0 Å². The number of nitrogens with zero attached hydrogens (tertiary/aromatic N) is 2. The van der Waals surface area contributed by atoms with Crippen LogP contribution in [0.4, 0.5) is 10.1 Å². The zero-order chi connectivity index (χ0) is 23.1. The maximum atomic E-state index is 14.8. The number of hydrogen-bond donors (Lipinski definition) is 3. The molecule has 0 radical (unpaired) electrons. The highest BCUT2D eigenvalue weighted by molar-refractivity contribution is 6.30. The predicted octanol–water partition coefficient (Wildman–Crippen LogP) is 5.25. The summed E-state index contributed by atoms with van der Waals surface area (Å²) in [4.78, 5) is 21.5. The molecule has 1 heterocycles. The van der Waals surface area contributed by atoms with E-state index in [0.29, 0.717) is 40.1 Å². The van der Waals surface area contributed by atoms with Crippen LogP contribution in [0.15, 0.2) is 66.2 Å². The Morgan fingerprint density at radius 3 is 2.75 bits per heavy atom. The number of halogens is 2. The van der Waals surface area contributed by atoms with Crippen LogP contribution in [0.1, 0.15) is 33.1 Å². The average Bonchev–Trinajstić information content (AvgIpc) is 3.59. The minimum atomic E-state index is -0.568. The van der Waals surface area contributed by atoms with Gasteiger partial charge in [0, 0.05) is 24.0 Å². The Hall–Kier alpha value is -3.03. The first kappa shape index (κ1) is 23.6. The summed E-state index contributed by atoms with van der Waals surface area (Å²) in [6.07, 6.45) is 9.41. The second kappa shape index (κ2) is 11.0. The molecule has 168 valence electrons. The van der Waals surface area contributed by atoms with Gasteiger partial charge < -0.3 is 10.7 Å². The first-order chi connectivity index (χ1) is 15.4. The van der Waals surface area contributed by atoms with Crippen molar-refractivity contribution >= 4 is 28.9 Å². The Kier molecular flexibility index (Phi) is 8.14. The highest BCUT2D eigenvalue weighted by atomic mass is 35.5. The molecule has 3 N–H and O–H groups in total. The number of aromatic nitrogens is 1. The minimum Gasteiger partial charge on any atom is -0.323 e. The van der Waals surface area contributed by atoms with Crippen molar-refractivity contribution < 1.29 is 9.18 Å². The summed E-state index contributed by atoms with van der Waals surface area (Å²) in [5.74, 6) is -1.04. The van der Waals surface area contributed by atoms with Crippen molar-refractivity contribution in [2.45, 2.75) is 39.2 Å². The monoisotopic (exact) mass is 455 g/mol. The first-order valence-corrected chi connectivity index (χ1v) is 10.9. The maximum absolute atomic E-state index is 14.8. The summed E-state index contributed by atoms with van der Waals surface area (Å²) in [6, 6.07) is 6.73. The Morgan fingerprint density at radius 1 is 1.34 bits per heavy atom. The van der Waals surface area contributed by atoms with Crippen molar-refractivity contribution in [2.75, 3.05) is 5.32 Å². The molecule has 0 bridgehead atoms. The number of rotatable bonds is 10. The van der Waals surface area contributed by atoms with Crippen LogP contribution in [0.5, 0.6) is 0 Å². The molecule has 6 nitrogen and oxygen atoms in total. The van der Waals surface area contributed by atoms with Gasteiger partial charge in [0.2, 0.25) is 5.91 Å². The van der Waals surface area contributed by atoms with Gasteiger partial charge in [-0.3, -0.25) is 9.78 Å². The average molecular weight is 456 g/mol. The van der Waals surface area contributed by atoms with Crippen molar-refractivity contribution in [3.8, 4) is 11.1 Å². The second-order valence-electron chi connectivity index (χ2n) is 7.56. The van der Waals surface area contributed by atoms with E-state index in [1.807, 2.05) is 19.9 Å². The van der Waals surface area contributed by atoms with Crippen LogP contribution in [0.3, 0.4) is 0 Å². The van der Waals surface area contributed by atoms with Crippen molar-refractivity contribution in [1.82, 2.24) is 15.8 Å². The zero-order valence-corrected chi connectivity index (χ0v) is 18.9. The van der Waals surface area contributed by atoms with Crippen LogP contribution in [0, 0.1) is 11.7 Å². The molecule has 1 aromatic carbocycles. The molecule has 1 aromatic heterocycles. The Labute approximate surface area is 192 Å². The molecule has 1 saturated carbocycles. The number of benzene rings is 1. The molecule has 1 unspecified atom stereocenters. The molecule has 1 fully saturated rings. The van der Waals surface area contributed by atoms with E-state index in [1.165, 1.54) is 18.3 Å². The van der Waals surface area contributed by atoms with Gasteiger partial charge in [0.1, 0.15) is 11.6 Å². The second-order valence-corrected chi connectivity index (χ2v) is 8.00. The van der Waals surface area contributed by atoms with Crippen LogP contribution in [-0.2, 0) is 4.79 Å². The molecule has 1 aliphatic rings. The number of hydrazine groups is 1. The fourth-order valence-corrected chi connectivity index (χ4v) is 3.29. The fourth-order valence-electron chi connectivity index (χ4n) is 3.11. The van der Waals surface area contributed by atoms with E-state index in [0.717, 1.165) is 12.8 Å². The summed E-state index contributed by atoms with van der Waals surface area (Å²) >= 11 is 5.97.